The van der Waals surface area contributed by atoms with E-state index in [9.17, 15) is 9.90 Å². The fourth-order valence-electron chi connectivity index (χ4n) is 1.75. The van der Waals surface area contributed by atoms with Gasteiger partial charge in [-0.3, -0.25) is 4.79 Å². The third-order valence-electron chi connectivity index (χ3n) is 2.61. The third-order valence-corrected chi connectivity index (χ3v) is 2.84. The summed E-state index contributed by atoms with van der Waals surface area (Å²) in [5.41, 5.74) is 0.627. The Morgan fingerprint density at radius 2 is 1.94 bits per heavy atom. The first-order valence-corrected chi connectivity index (χ1v) is 5.57. The number of halogens is 1. The molecule has 0 aliphatic rings. The number of fused-ring (bicyclic) bond motifs is 1. The summed E-state index contributed by atoms with van der Waals surface area (Å²) >= 11 is 5.88. The average Bonchev–Trinajstić information content (AvgIpc) is 2.26. The van der Waals surface area contributed by atoms with Gasteiger partial charge in [-0.05, 0) is 47.0 Å². The van der Waals surface area contributed by atoms with Crippen LogP contribution in [0.15, 0.2) is 30.3 Å². The molecule has 0 fully saturated rings. The van der Waals surface area contributed by atoms with Gasteiger partial charge in [-0.1, -0.05) is 17.7 Å². The van der Waals surface area contributed by atoms with Gasteiger partial charge in [0.05, 0.1) is 0 Å². The standard InChI is InChI=1S/C13H11ClO3/c14-11-3-1-8-7-12(15)9(2-4-13(16)17)5-10(8)6-11/h1,3,5-7,15H,2,4H2,(H,16,17). The fourth-order valence-corrected chi connectivity index (χ4v) is 1.93. The minimum Gasteiger partial charge on any atom is -0.508 e. The van der Waals surface area contributed by atoms with Crippen LogP contribution in [0.4, 0.5) is 0 Å². The average molecular weight is 251 g/mol. The summed E-state index contributed by atoms with van der Waals surface area (Å²) in [6.07, 6.45) is 0.309. The predicted molar refractivity (Wildman–Crippen MR) is 66.6 cm³/mol. The summed E-state index contributed by atoms with van der Waals surface area (Å²) in [4.78, 5) is 10.5. The Bertz CT molecular complexity index is 578. The molecule has 3 nitrogen and oxygen atoms in total. The Labute approximate surface area is 103 Å². The highest BCUT2D eigenvalue weighted by atomic mass is 35.5. The quantitative estimate of drug-likeness (QED) is 0.879. The third kappa shape index (κ3) is 2.68. The van der Waals surface area contributed by atoms with Crippen LogP contribution in [0.1, 0.15) is 12.0 Å². The molecular formula is C13H11ClO3. The normalized spacial score (nSPS) is 10.6. The lowest BCUT2D eigenvalue weighted by Crippen LogP contribution is -1.97. The first-order valence-electron chi connectivity index (χ1n) is 5.19. The smallest absolute Gasteiger partial charge is 0.303 e. The van der Waals surface area contributed by atoms with Gasteiger partial charge in [-0.25, -0.2) is 0 Å². The second-order valence-electron chi connectivity index (χ2n) is 3.87. The van der Waals surface area contributed by atoms with Crippen molar-refractivity contribution in [3.05, 3.63) is 40.9 Å². The molecule has 2 rings (SSSR count). The lowest BCUT2D eigenvalue weighted by Gasteiger charge is -2.06. The molecule has 2 aromatic carbocycles. The van der Waals surface area contributed by atoms with E-state index in [1.54, 1.807) is 24.3 Å². The molecule has 2 aromatic rings. The second-order valence-corrected chi connectivity index (χ2v) is 4.30. The number of hydrogen-bond donors (Lipinski definition) is 2. The lowest BCUT2D eigenvalue weighted by atomic mass is 10.0. The van der Waals surface area contributed by atoms with Crippen LogP contribution in [0, 0.1) is 0 Å². The maximum Gasteiger partial charge on any atom is 0.303 e. The Hall–Kier alpha value is -1.74. The van der Waals surface area contributed by atoms with E-state index in [1.165, 1.54) is 0 Å². The number of phenolic OH excluding ortho intramolecular Hbond substituents is 1. The molecule has 0 spiro atoms. The fraction of sp³-hybridized carbons (Fsp3) is 0.154. The molecule has 17 heavy (non-hydrogen) atoms. The van der Waals surface area contributed by atoms with Crippen molar-refractivity contribution in [2.75, 3.05) is 0 Å². The van der Waals surface area contributed by atoms with Crippen LogP contribution >= 0.6 is 11.6 Å². The summed E-state index contributed by atoms with van der Waals surface area (Å²) in [7, 11) is 0. The summed E-state index contributed by atoms with van der Waals surface area (Å²) in [5, 5.41) is 20.8. The van der Waals surface area contributed by atoms with Gasteiger partial charge >= 0.3 is 5.97 Å². The molecule has 0 amide bonds. The van der Waals surface area contributed by atoms with Gasteiger partial charge in [0.2, 0.25) is 0 Å². The maximum atomic E-state index is 10.5. The highest BCUT2D eigenvalue weighted by Gasteiger charge is 2.06. The van der Waals surface area contributed by atoms with E-state index in [4.69, 9.17) is 16.7 Å². The van der Waals surface area contributed by atoms with Crippen molar-refractivity contribution in [3.63, 3.8) is 0 Å². The van der Waals surface area contributed by atoms with E-state index in [0.717, 1.165) is 10.8 Å². The predicted octanol–water partition coefficient (Wildman–Crippen LogP) is 3.22. The van der Waals surface area contributed by atoms with Crippen molar-refractivity contribution in [3.8, 4) is 5.75 Å². The highest BCUT2D eigenvalue weighted by Crippen LogP contribution is 2.27. The zero-order chi connectivity index (χ0) is 12.4. The monoisotopic (exact) mass is 250 g/mol. The topological polar surface area (TPSA) is 57.5 Å². The molecule has 0 aliphatic carbocycles. The maximum absolute atomic E-state index is 10.5. The van der Waals surface area contributed by atoms with Crippen LogP contribution in [0.5, 0.6) is 5.75 Å². The molecule has 0 aromatic heterocycles. The van der Waals surface area contributed by atoms with E-state index in [0.29, 0.717) is 17.0 Å². The molecule has 0 atom stereocenters. The van der Waals surface area contributed by atoms with E-state index in [2.05, 4.69) is 0 Å². The minimum absolute atomic E-state index is 0.000365. The molecule has 0 bridgehead atoms. The Morgan fingerprint density at radius 1 is 1.18 bits per heavy atom. The summed E-state index contributed by atoms with van der Waals surface area (Å²) in [5.74, 6) is -0.753. The number of aliphatic carboxylic acids is 1. The molecule has 0 aliphatic heterocycles. The first-order chi connectivity index (χ1) is 8.06. The van der Waals surface area contributed by atoms with Gasteiger partial charge in [-0.15, -0.1) is 0 Å². The second kappa shape index (κ2) is 4.63. The van der Waals surface area contributed by atoms with Crippen LogP contribution < -0.4 is 0 Å². The molecule has 0 radical (unpaired) electrons. The summed E-state index contributed by atoms with van der Waals surface area (Å²) in [6.45, 7) is 0. The number of benzene rings is 2. The Morgan fingerprint density at radius 3 is 2.65 bits per heavy atom. The van der Waals surface area contributed by atoms with Gasteiger partial charge in [0.25, 0.3) is 0 Å². The van der Waals surface area contributed by atoms with E-state index in [1.807, 2.05) is 6.07 Å². The van der Waals surface area contributed by atoms with Crippen LogP contribution in [-0.2, 0) is 11.2 Å². The largest absolute Gasteiger partial charge is 0.508 e. The number of hydrogen-bond acceptors (Lipinski definition) is 2. The van der Waals surface area contributed by atoms with Crippen molar-refractivity contribution in [2.45, 2.75) is 12.8 Å². The van der Waals surface area contributed by atoms with Gasteiger partial charge < -0.3 is 10.2 Å². The van der Waals surface area contributed by atoms with Crippen LogP contribution in [0.3, 0.4) is 0 Å². The van der Waals surface area contributed by atoms with E-state index < -0.39 is 5.97 Å². The number of aromatic hydroxyl groups is 1. The summed E-state index contributed by atoms with van der Waals surface area (Å²) in [6, 6.07) is 8.77. The molecule has 88 valence electrons. The highest BCUT2D eigenvalue weighted by molar-refractivity contribution is 6.31. The number of phenols is 1. The van der Waals surface area contributed by atoms with Crippen molar-refractivity contribution in [1.29, 1.82) is 0 Å². The van der Waals surface area contributed by atoms with Crippen molar-refractivity contribution in [1.82, 2.24) is 0 Å². The molecule has 0 unspecified atom stereocenters. The zero-order valence-electron chi connectivity index (χ0n) is 8.98. The SMILES string of the molecule is O=C(O)CCc1cc2cc(Cl)ccc2cc1O. The molecule has 0 heterocycles. The Kier molecular flexibility index (Phi) is 3.20. The van der Waals surface area contributed by atoms with Crippen molar-refractivity contribution < 1.29 is 15.0 Å². The van der Waals surface area contributed by atoms with Crippen LogP contribution in [-0.4, -0.2) is 16.2 Å². The molecule has 2 N–H and O–H groups in total. The van der Waals surface area contributed by atoms with Gasteiger partial charge in [-0.2, -0.15) is 0 Å². The molecule has 4 heteroatoms. The van der Waals surface area contributed by atoms with Crippen LogP contribution in [0.2, 0.25) is 5.02 Å². The van der Waals surface area contributed by atoms with Crippen molar-refractivity contribution >= 4 is 28.3 Å². The van der Waals surface area contributed by atoms with Gasteiger partial charge in [0.15, 0.2) is 0 Å². The van der Waals surface area contributed by atoms with Gasteiger partial charge in [0, 0.05) is 11.4 Å². The number of carboxylic acids is 1. The summed E-state index contributed by atoms with van der Waals surface area (Å²) < 4.78 is 0. The van der Waals surface area contributed by atoms with E-state index in [-0.39, 0.29) is 12.2 Å². The van der Waals surface area contributed by atoms with Crippen molar-refractivity contribution in [2.24, 2.45) is 0 Å². The number of carbonyl (C=O) groups is 1. The lowest BCUT2D eigenvalue weighted by molar-refractivity contribution is -0.136. The molecule has 0 saturated heterocycles. The number of carboxylic acid groups (broad SMARTS) is 1. The molecular weight excluding hydrogens is 240 g/mol. The number of aryl methyl sites for hydroxylation is 1. The number of rotatable bonds is 3. The molecule has 0 saturated carbocycles. The minimum atomic E-state index is -0.879. The van der Waals surface area contributed by atoms with Crippen LogP contribution in [0.25, 0.3) is 10.8 Å². The van der Waals surface area contributed by atoms with Gasteiger partial charge in [0.1, 0.15) is 5.75 Å². The first kappa shape index (κ1) is 11.7. The Balaban J connectivity index is 2.42. The zero-order valence-corrected chi connectivity index (χ0v) is 9.74. The van der Waals surface area contributed by atoms with E-state index >= 15 is 0 Å².